The maximum atomic E-state index is 8.79. The second kappa shape index (κ2) is 13.0. The molecule has 0 saturated carbocycles. The lowest BCUT2D eigenvalue weighted by Gasteiger charge is -2.15. The van der Waals surface area contributed by atoms with Crippen LogP contribution in [0.1, 0.15) is 6.85 Å². The van der Waals surface area contributed by atoms with Gasteiger partial charge in [-0.2, -0.15) is 9.97 Å². The van der Waals surface area contributed by atoms with E-state index < -0.39 is 6.04 Å². The summed E-state index contributed by atoms with van der Waals surface area (Å²) in [7, 11) is 0. The third kappa shape index (κ3) is 5.13. The first-order chi connectivity index (χ1) is 29.9. The molecular formula is C51H33N5. The van der Waals surface area contributed by atoms with Crippen molar-refractivity contribution >= 4 is 43.6 Å². The molecule has 0 unspecified atom stereocenters. The van der Waals surface area contributed by atoms with Crippen molar-refractivity contribution in [1.82, 2.24) is 24.1 Å². The van der Waals surface area contributed by atoms with Crippen LogP contribution in [0, 0.1) is 0 Å². The van der Waals surface area contributed by atoms with Gasteiger partial charge >= 0.3 is 0 Å². The highest BCUT2D eigenvalue weighted by atomic mass is 15.2. The first-order valence-electron chi connectivity index (χ1n) is 21.0. The van der Waals surface area contributed by atoms with Gasteiger partial charge in [-0.1, -0.05) is 176 Å². The number of fused-ring (bicyclic) bond motifs is 7. The fourth-order valence-corrected chi connectivity index (χ4v) is 8.02. The van der Waals surface area contributed by atoms with Gasteiger partial charge in [0.15, 0.2) is 11.6 Å². The van der Waals surface area contributed by atoms with Gasteiger partial charge in [0, 0.05) is 38.4 Å². The number of benzene rings is 8. The molecule has 5 heteroatoms. The molecule has 11 aromatic rings. The minimum atomic E-state index is -0.423. The van der Waals surface area contributed by atoms with E-state index in [1.165, 1.54) is 0 Å². The molecule has 0 fully saturated rings. The zero-order chi connectivity index (χ0) is 41.4. The molecule has 3 heterocycles. The molecule has 0 N–H and O–H groups in total. The van der Waals surface area contributed by atoms with Gasteiger partial charge in [0.1, 0.15) is 0 Å². The molecule has 0 aliphatic rings. The molecule has 3 aromatic heterocycles. The Bertz CT molecular complexity index is 3520. The summed E-state index contributed by atoms with van der Waals surface area (Å²) in [5.74, 6) is 1.52. The van der Waals surface area contributed by atoms with Gasteiger partial charge in [-0.15, -0.1) is 0 Å². The van der Waals surface area contributed by atoms with Crippen LogP contribution in [0.4, 0.5) is 0 Å². The molecule has 11 rings (SSSR count). The summed E-state index contributed by atoms with van der Waals surface area (Å²) in [6.07, 6.45) is 0. The fraction of sp³-hybridized carbons (Fsp3) is 0. The standard InChI is InChI=1S/C51H33N5/c1-4-17-34(18-5-1)37-23-16-24-38(33-37)55-45-29-14-12-26-40(45)42-31-32-43-41-27-13-15-30-46(41)56(48(43)47(42)55)51-53-49(36-21-8-3-9-22-36)52-50(54-51)44-28-11-10-25-39(44)35-19-6-2-7-20-35/h1-33H/i1D,4D,5D,17D,18D. The van der Waals surface area contributed by atoms with Crippen molar-refractivity contribution in [2.24, 2.45) is 0 Å². The maximum absolute atomic E-state index is 8.79. The Hall–Kier alpha value is -7.63. The van der Waals surface area contributed by atoms with E-state index in [1.54, 1.807) is 6.07 Å². The molecule has 8 aromatic carbocycles. The monoisotopic (exact) mass is 720 g/mol. The minimum absolute atomic E-state index is 0.148. The first kappa shape index (κ1) is 27.0. The lowest BCUT2D eigenvalue weighted by Crippen LogP contribution is -2.07. The summed E-state index contributed by atoms with van der Waals surface area (Å²) in [6, 6.07) is 55.2. The second-order valence-corrected chi connectivity index (χ2v) is 13.7. The quantitative estimate of drug-likeness (QED) is 0.172. The molecule has 0 atom stereocenters. The minimum Gasteiger partial charge on any atom is -0.307 e. The third-order valence-electron chi connectivity index (χ3n) is 10.5. The van der Waals surface area contributed by atoms with Crippen molar-refractivity contribution in [1.29, 1.82) is 0 Å². The Morgan fingerprint density at radius 2 is 0.929 bits per heavy atom. The van der Waals surface area contributed by atoms with Crippen molar-refractivity contribution in [2.45, 2.75) is 0 Å². The largest absolute Gasteiger partial charge is 0.307 e. The van der Waals surface area contributed by atoms with Gasteiger partial charge in [-0.05, 0) is 46.5 Å². The Labute approximate surface area is 330 Å². The number of aromatic nitrogens is 5. The highest BCUT2D eigenvalue weighted by Crippen LogP contribution is 2.42. The molecule has 0 amide bonds. The molecule has 0 bridgehead atoms. The van der Waals surface area contributed by atoms with E-state index >= 15 is 0 Å². The number of para-hydroxylation sites is 2. The van der Waals surface area contributed by atoms with E-state index in [0.717, 1.165) is 71.6 Å². The molecule has 0 spiro atoms. The Morgan fingerprint density at radius 1 is 0.375 bits per heavy atom. The normalized spacial score (nSPS) is 12.8. The van der Waals surface area contributed by atoms with Crippen molar-refractivity contribution in [3.8, 4) is 56.7 Å². The van der Waals surface area contributed by atoms with Gasteiger partial charge < -0.3 is 4.57 Å². The van der Waals surface area contributed by atoms with Crippen molar-refractivity contribution in [3.63, 3.8) is 0 Å². The van der Waals surface area contributed by atoms with E-state index in [1.807, 2.05) is 103 Å². The lowest BCUT2D eigenvalue weighted by molar-refractivity contribution is 0.953. The highest BCUT2D eigenvalue weighted by Gasteiger charge is 2.24. The molecule has 0 saturated heterocycles. The Kier molecular flexibility index (Phi) is 6.29. The average Bonchev–Trinajstić information content (AvgIpc) is 3.84. The topological polar surface area (TPSA) is 48.5 Å². The number of rotatable bonds is 6. The molecule has 56 heavy (non-hydrogen) atoms. The fourth-order valence-electron chi connectivity index (χ4n) is 8.02. The zero-order valence-electron chi connectivity index (χ0n) is 34.9. The summed E-state index contributed by atoms with van der Waals surface area (Å²) >= 11 is 0. The predicted octanol–water partition coefficient (Wildman–Crippen LogP) is 12.7. The summed E-state index contributed by atoms with van der Waals surface area (Å²) in [5.41, 5.74) is 8.86. The lowest BCUT2D eigenvalue weighted by atomic mass is 9.99. The van der Waals surface area contributed by atoms with E-state index in [2.05, 4.69) is 69.8 Å². The van der Waals surface area contributed by atoms with Gasteiger partial charge in [-0.3, -0.25) is 4.57 Å². The van der Waals surface area contributed by atoms with E-state index in [0.29, 0.717) is 23.2 Å². The van der Waals surface area contributed by atoms with Gasteiger partial charge in [0.25, 0.3) is 0 Å². The van der Waals surface area contributed by atoms with Gasteiger partial charge in [-0.25, -0.2) is 4.98 Å². The summed E-state index contributed by atoms with van der Waals surface area (Å²) in [4.78, 5) is 15.8. The predicted molar refractivity (Wildman–Crippen MR) is 230 cm³/mol. The highest BCUT2D eigenvalue weighted by molar-refractivity contribution is 6.23. The van der Waals surface area contributed by atoms with Crippen LogP contribution in [-0.2, 0) is 0 Å². The smallest absolute Gasteiger partial charge is 0.238 e. The second-order valence-electron chi connectivity index (χ2n) is 13.7. The molecule has 5 nitrogen and oxygen atoms in total. The van der Waals surface area contributed by atoms with E-state index in [-0.39, 0.29) is 29.7 Å². The molecule has 0 aliphatic heterocycles. The summed E-state index contributed by atoms with van der Waals surface area (Å²) < 4.78 is 46.9. The molecule has 262 valence electrons. The van der Waals surface area contributed by atoms with Crippen molar-refractivity contribution in [2.75, 3.05) is 0 Å². The van der Waals surface area contributed by atoms with Crippen LogP contribution in [0.5, 0.6) is 0 Å². The van der Waals surface area contributed by atoms with Crippen LogP contribution in [0.15, 0.2) is 200 Å². The molecular weight excluding hydrogens is 683 g/mol. The van der Waals surface area contributed by atoms with Gasteiger partial charge in [0.05, 0.1) is 28.9 Å². The zero-order valence-corrected chi connectivity index (χ0v) is 29.9. The number of hydrogen-bond acceptors (Lipinski definition) is 3. The van der Waals surface area contributed by atoms with Crippen LogP contribution in [-0.4, -0.2) is 24.1 Å². The van der Waals surface area contributed by atoms with E-state index in [9.17, 15) is 0 Å². The van der Waals surface area contributed by atoms with Crippen molar-refractivity contribution < 1.29 is 6.85 Å². The Morgan fingerprint density at radius 3 is 1.64 bits per heavy atom. The number of nitrogens with zero attached hydrogens (tertiary/aromatic N) is 5. The maximum Gasteiger partial charge on any atom is 0.238 e. The molecule has 0 radical (unpaired) electrons. The van der Waals surface area contributed by atoms with Crippen molar-refractivity contribution in [3.05, 3.63) is 200 Å². The van der Waals surface area contributed by atoms with Crippen LogP contribution in [0.3, 0.4) is 0 Å². The number of hydrogen-bond donors (Lipinski definition) is 0. The SMILES string of the molecule is [2H]c1c([2H])c([2H])c(-c2cccc(-n3c4ccccc4c4ccc5c6ccccc6n(-c6nc(-c7ccccc7)nc(-c7ccccc7-c7ccccc7)n6)c5c43)c2)c([2H])c1[2H]. The average molecular weight is 721 g/mol. The van der Waals surface area contributed by atoms with Crippen LogP contribution in [0.2, 0.25) is 0 Å². The summed E-state index contributed by atoms with van der Waals surface area (Å²) in [5, 5.41) is 4.06. The Balaban J connectivity index is 1.25. The van der Waals surface area contributed by atoms with E-state index in [4.69, 9.17) is 21.8 Å². The molecule has 0 aliphatic carbocycles. The van der Waals surface area contributed by atoms with Crippen LogP contribution in [0.25, 0.3) is 100 Å². The summed E-state index contributed by atoms with van der Waals surface area (Å²) in [6.45, 7) is 0. The third-order valence-corrected chi connectivity index (χ3v) is 10.5. The van der Waals surface area contributed by atoms with Gasteiger partial charge in [0.2, 0.25) is 5.95 Å². The first-order valence-corrected chi connectivity index (χ1v) is 18.5. The van der Waals surface area contributed by atoms with Crippen LogP contribution < -0.4 is 0 Å². The van der Waals surface area contributed by atoms with Crippen LogP contribution >= 0.6 is 0 Å².